The standard InChI is InChI=1S/C16H13BrClFN2O3/c17-14-6-5-13(24-14)16(23)21(9-20-7-1-2-15(20)22)10-3-4-12(19)11(18)8-10/h3-6,8H,1-2,7,9H2. The van der Waals surface area contributed by atoms with Crippen LogP contribution >= 0.6 is 27.5 Å². The summed E-state index contributed by atoms with van der Waals surface area (Å²) < 4.78 is 19.2. The largest absolute Gasteiger partial charge is 0.444 e. The number of furan rings is 1. The van der Waals surface area contributed by atoms with Crippen LogP contribution in [0.25, 0.3) is 0 Å². The molecule has 5 nitrogen and oxygen atoms in total. The number of rotatable bonds is 4. The second kappa shape index (κ2) is 6.94. The molecule has 1 aliphatic rings. The molecule has 0 atom stereocenters. The van der Waals surface area contributed by atoms with Gasteiger partial charge in [0.25, 0.3) is 5.91 Å². The van der Waals surface area contributed by atoms with E-state index in [9.17, 15) is 14.0 Å². The maximum atomic E-state index is 13.4. The highest BCUT2D eigenvalue weighted by atomic mass is 79.9. The number of amides is 2. The second-order valence-corrected chi connectivity index (χ2v) is 6.53. The lowest BCUT2D eigenvalue weighted by atomic mass is 10.2. The average Bonchev–Trinajstić information content (AvgIpc) is 3.16. The van der Waals surface area contributed by atoms with E-state index >= 15 is 0 Å². The van der Waals surface area contributed by atoms with E-state index < -0.39 is 11.7 Å². The van der Waals surface area contributed by atoms with Crippen molar-refractivity contribution in [2.75, 3.05) is 18.1 Å². The molecule has 1 aromatic heterocycles. The zero-order chi connectivity index (χ0) is 17.3. The van der Waals surface area contributed by atoms with E-state index in [0.717, 1.165) is 6.42 Å². The van der Waals surface area contributed by atoms with Crippen LogP contribution in [0.1, 0.15) is 23.4 Å². The minimum Gasteiger partial charge on any atom is -0.444 e. The van der Waals surface area contributed by atoms with E-state index in [1.54, 1.807) is 11.0 Å². The summed E-state index contributed by atoms with van der Waals surface area (Å²) in [5, 5.41) is -0.0985. The zero-order valence-electron chi connectivity index (χ0n) is 12.5. The minimum atomic E-state index is -0.578. The van der Waals surface area contributed by atoms with Crippen LogP contribution in [-0.4, -0.2) is 29.9 Å². The first kappa shape index (κ1) is 17.0. The number of carbonyl (C=O) groups excluding carboxylic acids is 2. The molecule has 0 unspecified atom stereocenters. The lowest BCUT2D eigenvalue weighted by Crippen LogP contribution is -2.42. The van der Waals surface area contributed by atoms with Gasteiger partial charge in [-0.3, -0.25) is 14.5 Å². The number of anilines is 1. The second-order valence-electron chi connectivity index (χ2n) is 5.34. The average molecular weight is 416 g/mol. The fourth-order valence-electron chi connectivity index (χ4n) is 2.50. The highest BCUT2D eigenvalue weighted by Gasteiger charge is 2.28. The monoisotopic (exact) mass is 414 g/mol. The molecule has 0 aliphatic carbocycles. The van der Waals surface area contributed by atoms with Gasteiger partial charge in [-0.1, -0.05) is 11.6 Å². The first-order valence-electron chi connectivity index (χ1n) is 7.26. The van der Waals surface area contributed by atoms with Crippen molar-refractivity contribution in [3.63, 3.8) is 0 Å². The van der Waals surface area contributed by atoms with Gasteiger partial charge in [-0.25, -0.2) is 4.39 Å². The van der Waals surface area contributed by atoms with Gasteiger partial charge in [0.1, 0.15) is 12.5 Å². The molecule has 1 aromatic carbocycles. The van der Waals surface area contributed by atoms with Crippen LogP contribution in [-0.2, 0) is 4.79 Å². The van der Waals surface area contributed by atoms with Crippen LogP contribution in [0.4, 0.5) is 10.1 Å². The maximum absolute atomic E-state index is 13.4. The number of benzene rings is 1. The van der Waals surface area contributed by atoms with Gasteiger partial charge in [0.2, 0.25) is 5.91 Å². The molecule has 1 saturated heterocycles. The number of halogens is 3. The van der Waals surface area contributed by atoms with Crippen molar-refractivity contribution < 1.29 is 18.4 Å². The van der Waals surface area contributed by atoms with Gasteiger partial charge in [-0.05, 0) is 52.7 Å². The molecule has 1 fully saturated rings. The SMILES string of the molecule is O=C1CCCN1CN(C(=O)c1ccc(Br)o1)c1ccc(F)c(Cl)c1. The predicted octanol–water partition coefficient (Wildman–Crippen LogP) is 4.06. The van der Waals surface area contributed by atoms with Gasteiger partial charge >= 0.3 is 0 Å². The third-order valence-corrected chi connectivity index (χ3v) is 4.44. The fourth-order valence-corrected chi connectivity index (χ4v) is 2.98. The third-order valence-electron chi connectivity index (χ3n) is 3.73. The molecule has 24 heavy (non-hydrogen) atoms. The van der Waals surface area contributed by atoms with Gasteiger partial charge in [0.15, 0.2) is 10.4 Å². The molecule has 0 spiro atoms. The first-order chi connectivity index (χ1) is 11.5. The molecule has 2 aromatic rings. The minimum absolute atomic E-state index is 0.0263. The molecule has 0 saturated carbocycles. The summed E-state index contributed by atoms with van der Waals surface area (Å²) in [4.78, 5) is 27.6. The van der Waals surface area contributed by atoms with Gasteiger partial charge in [-0.15, -0.1) is 0 Å². The Bertz CT molecular complexity index is 795. The smallest absolute Gasteiger partial charge is 0.295 e. The normalized spacial score (nSPS) is 14.3. The molecular formula is C16H13BrClFN2O3. The first-order valence-corrected chi connectivity index (χ1v) is 8.43. The van der Waals surface area contributed by atoms with Crippen molar-refractivity contribution >= 4 is 45.0 Å². The van der Waals surface area contributed by atoms with Crippen molar-refractivity contribution in [1.82, 2.24) is 4.90 Å². The zero-order valence-corrected chi connectivity index (χ0v) is 14.8. The Balaban J connectivity index is 1.94. The summed E-state index contributed by atoms with van der Waals surface area (Å²) in [5.41, 5.74) is 0.388. The molecule has 8 heteroatoms. The Hall–Kier alpha value is -1.86. The Morgan fingerprint density at radius 1 is 1.38 bits per heavy atom. The van der Waals surface area contributed by atoms with Crippen molar-refractivity contribution in [2.24, 2.45) is 0 Å². The highest BCUT2D eigenvalue weighted by molar-refractivity contribution is 9.10. The summed E-state index contributed by atoms with van der Waals surface area (Å²) in [6, 6.07) is 7.10. The maximum Gasteiger partial charge on any atom is 0.295 e. The van der Waals surface area contributed by atoms with Gasteiger partial charge in [0, 0.05) is 18.7 Å². The van der Waals surface area contributed by atoms with Crippen LogP contribution in [0.3, 0.4) is 0 Å². The highest BCUT2D eigenvalue weighted by Crippen LogP contribution is 2.26. The Morgan fingerprint density at radius 3 is 2.75 bits per heavy atom. The number of hydrogen-bond acceptors (Lipinski definition) is 3. The lowest BCUT2D eigenvalue weighted by molar-refractivity contribution is -0.127. The number of likely N-dealkylation sites (tertiary alicyclic amines) is 1. The molecule has 2 amide bonds. The van der Waals surface area contributed by atoms with E-state index in [1.807, 2.05) is 0 Å². The molecule has 0 N–H and O–H groups in total. The molecule has 126 valence electrons. The van der Waals surface area contributed by atoms with Crippen molar-refractivity contribution in [3.05, 3.63) is 51.6 Å². The topological polar surface area (TPSA) is 53.8 Å². The molecule has 0 radical (unpaired) electrons. The van der Waals surface area contributed by atoms with Crippen LogP contribution in [0, 0.1) is 5.82 Å². The van der Waals surface area contributed by atoms with E-state index in [2.05, 4.69) is 15.9 Å². The molecule has 2 heterocycles. The van der Waals surface area contributed by atoms with Crippen LogP contribution in [0.15, 0.2) is 39.4 Å². The molecular weight excluding hydrogens is 403 g/mol. The number of hydrogen-bond donors (Lipinski definition) is 0. The third kappa shape index (κ3) is 3.47. The van der Waals surface area contributed by atoms with Gasteiger partial charge < -0.3 is 9.32 Å². The quantitative estimate of drug-likeness (QED) is 0.757. The summed E-state index contributed by atoms with van der Waals surface area (Å²) in [6.07, 6.45) is 1.20. The van der Waals surface area contributed by atoms with E-state index in [1.165, 1.54) is 29.2 Å². The summed E-state index contributed by atoms with van der Waals surface area (Å²) in [6.45, 7) is 0.622. The molecule has 3 rings (SSSR count). The molecule has 0 bridgehead atoms. The Labute approximate surface area is 151 Å². The summed E-state index contributed by atoms with van der Waals surface area (Å²) in [5.74, 6) is -0.940. The fraction of sp³-hybridized carbons (Fsp3) is 0.250. The van der Waals surface area contributed by atoms with E-state index in [0.29, 0.717) is 23.3 Å². The van der Waals surface area contributed by atoms with Crippen LogP contribution in [0.2, 0.25) is 5.02 Å². The van der Waals surface area contributed by atoms with Crippen molar-refractivity contribution in [3.8, 4) is 0 Å². The van der Waals surface area contributed by atoms with Crippen molar-refractivity contribution in [1.29, 1.82) is 0 Å². The van der Waals surface area contributed by atoms with E-state index in [-0.39, 0.29) is 23.4 Å². The van der Waals surface area contributed by atoms with Crippen LogP contribution in [0.5, 0.6) is 0 Å². The predicted molar refractivity (Wildman–Crippen MR) is 90.4 cm³/mol. The van der Waals surface area contributed by atoms with Gasteiger partial charge in [0.05, 0.1) is 5.02 Å². The Morgan fingerprint density at radius 2 is 2.17 bits per heavy atom. The number of carbonyl (C=O) groups is 2. The van der Waals surface area contributed by atoms with E-state index in [4.69, 9.17) is 16.0 Å². The van der Waals surface area contributed by atoms with Crippen LogP contribution < -0.4 is 4.90 Å². The summed E-state index contributed by atoms with van der Waals surface area (Å²) >= 11 is 8.99. The van der Waals surface area contributed by atoms with Crippen molar-refractivity contribution in [2.45, 2.75) is 12.8 Å². The lowest BCUT2D eigenvalue weighted by Gasteiger charge is -2.27. The van der Waals surface area contributed by atoms with Gasteiger partial charge in [-0.2, -0.15) is 0 Å². The molecule has 1 aliphatic heterocycles. The number of nitrogens with zero attached hydrogens (tertiary/aromatic N) is 2. The summed E-state index contributed by atoms with van der Waals surface area (Å²) in [7, 11) is 0. The Kier molecular flexibility index (Phi) is 4.91.